The summed E-state index contributed by atoms with van der Waals surface area (Å²) in [4.78, 5) is 4.23. The Morgan fingerprint density at radius 2 is 1.89 bits per heavy atom. The van der Waals surface area contributed by atoms with Crippen molar-refractivity contribution in [2.75, 3.05) is 19.8 Å². The highest BCUT2D eigenvalue weighted by atomic mass is 79.9. The van der Waals surface area contributed by atoms with Crippen LogP contribution in [0.2, 0.25) is 0 Å². The van der Waals surface area contributed by atoms with Gasteiger partial charge in [0.15, 0.2) is 5.96 Å². The molecular formula is C14H22BrN3S. The number of nitrogens with zero attached hydrogens (tertiary/aromatic N) is 1. The summed E-state index contributed by atoms with van der Waals surface area (Å²) in [5.41, 5.74) is 1.23. The first-order valence-corrected chi connectivity index (χ1v) is 8.23. The molecule has 1 rings (SSSR count). The van der Waals surface area contributed by atoms with Crippen LogP contribution >= 0.6 is 27.7 Å². The van der Waals surface area contributed by atoms with Gasteiger partial charge in [-0.3, -0.25) is 4.99 Å². The van der Waals surface area contributed by atoms with E-state index >= 15 is 0 Å². The first-order valence-electron chi connectivity index (χ1n) is 6.21. The van der Waals surface area contributed by atoms with Gasteiger partial charge in [-0.15, -0.1) is 0 Å². The van der Waals surface area contributed by atoms with Crippen LogP contribution in [0.4, 0.5) is 0 Å². The van der Waals surface area contributed by atoms with Gasteiger partial charge in [0.2, 0.25) is 0 Å². The van der Waals surface area contributed by atoms with Crippen molar-refractivity contribution in [2.24, 2.45) is 4.99 Å². The third kappa shape index (κ3) is 6.34. The zero-order chi connectivity index (χ0) is 14.3. The molecule has 0 saturated carbocycles. The molecule has 3 nitrogen and oxygen atoms in total. The van der Waals surface area contributed by atoms with E-state index in [1.165, 1.54) is 5.56 Å². The minimum atomic E-state index is 0.204. The van der Waals surface area contributed by atoms with Crippen LogP contribution in [0.1, 0.15) is 19.4 Å². The number of nitrogens with one attached hydrogen (secondary N) is 2. The molecule has 0 aliphatic rings. The number of benzene rings is 1. The lowest BCUT2D eigenvalue weighted by Crippen LogP contribution is -2.42. The fourth-order valence-electron chi connectivity index (χ4n) is 1.38. The first kappa shape index (κ1) is 16.4. The smallest absolute Gasteiger partial charge is 0.191 e. The highest BCUT2D eigenvalue weighted by Crippen LogP contribution is 2.19. The van der Waals surface area contributed by atoms with Crippen LogP contribution in [0, 0.1) is 0 Å². The summed E-state index contributed by atoms with van der Waals surface area (Å²) in [7, 11) is 1.79. The molecule has 0 atom stereocenters. The average Bonchev–Trinajstić information content (AvgIpc) is 2.41. The predicted molar refractivity (Wildman–Crippen MR) is 89.9 cm³/mol. The van der Waals surface area contributed by atoms with Crippen LogP contribution in [-0.2, 0) is 6.54 Å². The maximum Gasteiger partial charge on any atom is 0.191 e. The molecule has 0 radical (unpaired) electrons. The third-order valence-corrected chi connectivity index (χ3v) is 4.61. The molecule has 0 heterocycles. The largest absolute Gasteiger partial charge is 0.355 e. The number of thioether (sulfide) groups is 1. The quantitative estimate of drug-likeness (QED) is 0.636. The number of halogens is 1. The van der Waals surface area contributed by atoms with Crippen molar-refractivity contribution in [3.63, 3.8) is 0 Å². The Hall–Kier alpha value is -0.680. The Balaban J connectivity index is 2.43. The van der Waals surface area contributed by atoms with E-state index in [1.807, 2.05) is 23.9 Å². The Kier molecular flexibility index (Phi) is 6.72. The van der Waals surface area contributed by atoms with E-state index in [0.717, 1.165) is 23.5 Å². The molecule has 1 aromatic carbocycles. The molecule has 5 heteroatoms. The zero-order valence-corrected chi connectivity index (χ0v) is 14.4. The summed E-state index contributed by atoms with van der Waals surface area (Å²) in [6.45, 7) is 6.08. The molecule has 0 unspecified atom stereocenters. The summed E-state index contributed by atoms with van der Waals surface area (Å²) in [6, 6.07) is 8.28. The molecule has 0 aliphatic carbocycles. The third-order valence-electron chi connectivity index (χ3n) is 2.83. The predicted octanol–water partition coefficient (Wildman–Crippen LogP) is 3.26. The monoisotopic (exact) mass is 343 g/mol. The maximum atomic E-state index is 4.23. The van der Waals surface area contributed by atoms with Gasteiger partial charge >= 0.3 is 0 Å². The van der Waals surface area contributed by atoms with Crippen molar-refractivity contribution in [2.45, 2.75) is 25.1 Å². The van der Waals surface area contributed by atoms with E-state index in [2.05, 4.69) is 63.8 Å². The molecular weight excluding hydrogens is 322 g/mol. The lowest BCUT2D eigenvalue weighted by molar-refractivity contribution is 0.664. The molecule has 0 fully saturated rings. The molecule has 1 aromatic rings. The van der Waals surface area contributed by atoms with Crippen LogP contribution in [-0.4, -0.2) is 30.6 Å². The summed E-state index contributed by atoms with van der Waals surface area (Å²) in [6.07, 6.45) is 2.12. The van der Waals surface area contributed by atoms with Crippen molar-refractivity contribution in [3.8, 4) is 0 Å². The first-order chi connectivity index (χ1) is 8.96. The van der Waals surface area contributed by atoms with Gasteiger partial charge < -0.3 is 10.6 Å². The Bertz CT molecular complexity index is 415. The molecule has 106 valence electrons. The van der Waals surface area contributed by atoms with Gasteiger partial charge in [-0.25, -0.2) is 0 Å². The van der Waals surface area contributed by atoms with Crippen LogP contribution in [0.15, 0.2) is 33.7 Å². The minimum Gasteiger partial charge on any atom is -0.355 e. The molecule has 0 bridgehead atoms. The fourth-order valence-corrected chi connectivity index (χ4v) is 1.86. The van der Waals surface area contributed by atoms with Crippen molar-refractivity contribution in [1.29, 1.82) is 0 Å². The number of hydrogen-bond acceptors (Lipinski definition) is 2. The number of aliphatic imine (C=N–C) groups is 1. The van der Waals surface area contributed by atoms with Gasteiger partial charge in [0.1, 0.15) is 0 Å². The SMILES string of the molecule is CN=C(NCc1ccc(Br)cc1)NCC(C)(C)SC. The van der Waals surface area contributed by atoms with Crippen molar-refractivity contribution >= 4 is 33.7 Å². The molecule has 2 N–H and O–H groups in total. The van der Waals surface area contributed by atoms with Gasteiger partial charge in [0, 0.05) is 29.4 Å². The normalized spacial score (nSPS) is 12.4. The molecule has 0 aliphatic heterocycles. The van der Waals surface area contributed by atoms with Crippen molar-refractivity contribution < 1.29 is 0 Å². The van der Waals surface area contributed by atoms with Gasteiger partial charge in [0.05, 0.1) is 0 Å². The number of guanidine groups is 1. The van der Waals surface area contributed by atoms with E-state index in [0.29, 0.717) is 0 Å². The topological polar surface area (TPSA) is 36.4 Å². The van der Waals surface area contributed by atoms with Crippen LogP contribution in [0.5, 0.6) is 0 Å². The lowest BCUT2D eigenvalue weighted by atomic mass is 10.2. The minimum absolute atomic E-state index is 0.204. The lowest BCUT2D eigenvalue weighted by Gasteiger charge is -2.23. The highest BCUT2D eigenvalue weighted by Gasteiger charge is 2.15. The fraction of sp³-hybridized carbons (Fsp3) is 0.500. The molecule has 0 saturated heterocycles. The summed E-state index contributed by atoms with van der Waals surface area (Å²) in [5, 5.41) is 6.67. The van der Waals surface area contributed by atoms with Crippen LogP contribution in [0.25, 0.3) is 0 Å². The van der Waals surface area contributed by atoms with Gasteiger partial charge in [-0.05, 0) is 37.8 Å². The maximum absolute atomic E-state index is 4.23. The molecule has 0 spiro atoms. The summed E-state index contributed by atoms with van der Waals surface area (Å²) >= 11 is 5.28. The molecule has 19 heavy (non-hydrogen) atoms. The van der Waals surface area contributed by atoms with E-state index in [4.69, 9.17) is 0 Å². The van der Waals surface area contributed by atoms with E-state index in [9.17, 15) is 0 Å². The Labute approximate surface area is 128 Å². The van der Waals surface area contributed by atoms with Gasteiger partial charge in [-0.2, -0.15) is 11.8 Å². The van der Waals surface area contributed by atoms with Gasteiger partial charge in [0.25, 0.3) is 0 Å². The summed E-state index contributed by atoms with van der Waals surface area (Å²) in [5.74, 6) is 0.838. The van der Waals surface area contributed by atoms with Crippen LogP contribution < -0.4 is 10.6 Å². The van der Waals surface area contributed by atoms with Crippen molar-refractivity contribution in [3.05, 3.63) is 34.3 Å². The number of rotatable bonds is 5. The van der Waals surface area contributed by atoms with E-state index in [-0.39, 0.29) is 4.75 Å². The van der Waals surface area contributed by atoms with E-state index < -0.39 is 0 Å². The van der Waals surface area contributed by atoms with E-state index in [1.54, 1.807) is 7.05 Å². The van der Waals surface area contributed by atoms with Gasteiger partial charge in [-0.1, -0.05) is 28.1 Å². The average molecular weight is 344 g/mol. The Morgan fingerprint density at radius 3 is 2.42 bits per heavy atom. The Morgan fingerprint density at radius 1 is 1.26 bits per heavy atom. The zero-order valence-electron chi connectivity index (χ0n) is 12.0. The van der Waals surface area contributed by atoms with Crippen molar-refractivity contribution in [1.82, 2.24) is 10.6 Å². The summed E-state index contributed by atoms with van der Waals surface area (Å²) < 4.78 is 1.30. The molecule has 0 aromatic heterocycles. The second kappa shape index (κ2) is 7.80. The number of hydrogen-bond donors (Lipinski definition) is 2. The highest BCUT2D eigenvalue weighted by molar-refractivity contribution is 9.10. The second-order valence-corrected chi connectivity index (χ2v) is 7.30. The molecule has 0 amide bonds. The van der Waals surface area contributed by atoms with Crippen LogP contribution in [0.3, 0.4) is 0 Å². The second-order valence-electron chi connectivity index (χ2n) is 4.87. The standard InChI is InChI=1S/C14H22BrN3S/c1-14(2,19-4)10-18-13(16-3)17-9-11-5-7-12(15)8-6-11/h5-8H,9-10H2,1-4H3,(H2,16,17,18).